The fourth-order valence-corrected chi connectivity index (χ4v) is 2.98. The van der Waals surface area contributed by atoms with Crippen molar-refractivity contribution in [2.75, 3.05) is 26.7 Å². The molecular weight excluding hydrogens is 240 g/mol. The first kappa shape index (κ1) is 15.7. The van der Waals surface area contributed by atoms with Gasteiger partial charge in [0.25, 0.3) is 0 Å². The maximum Gasteiger partial charge on any atom is 0.0115 e. The zero-order valence-electron chi connectivity index (χ0n) is 12.4. The molecule has 18 heavy (non-hydrogen) atoms. The molecule has 0 aliphatic heterocycles. The van der Waals surface area contributed by atoms with Crippen molar-refractivity contribution >= 4 is 11.3 Å². The number of thiophene rings is 1. The van der Waals surface area contributed by atoms with Gasteiger partial charge in [0.2, 0.25) is 0 Å². The Kier molecular flexibility index (Phi) is 6.33. The van der Waals surface area contributed by atoms with Crippen LogP contribution >= 0.6 is 11.3 Å². The van der Waals surface area contributed by atoms with E-state index in [1.807, 2.05) is 18.4 Å². The zero-order chi connectivity index (χ0) is 13.6. The van der Waals surface area contributed by atoms with E-state index >= 15 is 0 Å². The van der Waals surface area contributed by atoms with Crippen molar-refractivity contribution in [2.45, 2.75) is 33.1 Å². The van der Waals surface area contributed by atoms with E-state index in [4.69, 9.17) is 0 Å². The van der Waals surface area contributed by atoms with Crippen molar-refractivity contribution in [3.8, 4) is 0 Å². The minimum absolute atomic E-state index is 0.231. The normalized spacial score (nSPS) is 14.1. The summed E-state index contributed by atoms with van der Waals surface area (Å²) in [6.07, 6.45) is 0. The molecule has 1 aromatic rings. The summed E-state index contributed by atoms with van der Waals surface area (Å²) in [6, 6.07) is 4.37. The predicted molar refractivity (Wildman–Crippen MR) is 82.5 cm³/mol. The van der Waals surface area contributed by atoms with E-state index in [0.717, 1.165) is 25.6 Å². The first-order chi connectivity index (χ1) is 8.47. The maximum atomic E-state index is 3.65. The summed E-state index contributed by atoms with van der Waals surface area (Å²) >= 11 is 1.85. The van der Waals surface area contributed by atoms with Gasteiger partial charge >= 0.3 is 0 Å². The summed E-state index contributed by atoms with van der Waals surface area (Å²) in [5, 5.41) is 9.09. The van der Waals surface area contributed by atoms with Crippen LogP contribution in [-0.2, 0) is 5.41 Å². The largest absolute Gasteiger partial charge is 0.319 e. The maximum absolute atomic E-state index is 3.65. The molecule has 0 radical (unpaired) electrons. The second kappa shape index (κ2) is 7.27. The van der Waals surface area contributed by atoms with Gasteiger partial charge in [0.15, 0.2) is 0 Å². The van der Waals surface area contributed by atoms with Crippen LogP contribution in [0, 0.1) is 11.8 Å². The molecule has 0 saturated heterocycles. The number of rotatable bonds is 8. The lowest BCUT2D eigenvalue weighted by atomic mass is 9.90. The Morgan fingerprint density at radius 1 is 1.28 bits per heavy atom. The molecule has 2 N–H and O–H groups in total. The third kappa shape index (κ3) is 4.71. The topological polar surface area (TPSA) is 24.1 Å². The number of hydrogen-bond acceptors (Lipinski definition) is 3. The minimum atomic E-state index is 0.231. The van der Waals surface area contributed by atoms with Crippen molar-refractivity contribution in [3.05, 3.63) is 22.4 Å². The first-order valence-electron chi connectivity index (χ1n) is 6.86. The quantitative estimate of drug-likeness (QED) is 0.757. The Bertz CT molecular complexity index is 317. The van der Waals surface area contributed by atoms with Gasteiger partial charge in [0.1, 0.15) is 0 Å². The molecule has 0 aliphatic rings. The van der Waals surface area contributed by atoms with Crippen molar-refractivity contribution < 1.29 is 0 Å². The van der Waals surface area contributed by atoms with Gasteiger partial charge in [-0.05, 0) is 43.4 Å². The third-order valence-electron chi connectivity index (χ3n) is 3.57. The van der Waals surface area contributed by atoms with Crippen LogP contribution in [0.2, 0.25) is 0 Å². The molecule has 0 bridgehead atoms. The molecule has 1 heterocycles. The van der Waals surface area contributed by atoms with Crippen molar-refractivity contribution in [3.63, 3.8) is 0 Å². The van der Waals surface area contributed by atoms with E-state index in [0.29, 0.717) is 5.92 Å². The summed E-state index contributed by atoms with van der Waals surface area (Å²) < 4.78 is 0. The molecule has 0 spiro atoms. The highest BCUT2D eigenvalue weighted by atomic mass is 32.1. The lowest BCUT2D eigenvalue weighted by Gasteiger charge is -2.27. The summed E-state index contributed by atoms with van der Waals surface area (Å²) in [5.74, 6) is 1.42. The highest BCUT2D eigenvalue weighted by Crippen LogP contribution is 2.26. The van der Waals surface area contributed by atoms with Crippen LogP contribution < -0.4 is 10.6 Å². The van der Waals surface area contributed by atoms with Gasteiger partial charge in [-0.3, -0.25) is 0 Å². The Morgan fingerprint density at radius 2 is 2.00 bits per heavy atom. The minimum Gasteiger partial charge on any atom is -0.319 e. The molecule has 1 aromatic heterocycles. The van der Waals surface area contributed by atoms with Gasteiger partial charge in [0, 0.05) is 16.8 Å². The SMILES string of the molecule is CNCC(CNCC(C)(C)c1cccs1)C(C)C. The smallest absolute Gasteiger partial charge is 0.0115 e. The van der Waals surface area contributed by atoms with Gasteiger partial charge in [-0.2, -0.15) is 0 Å². The average Bonchev–Trinajstić information content (AvgIpc) is 2.81. The lowest BCUT2D eigenvalue weighted by molar-refractivity contribution is 0.338. The summed E-state index contributed by atoms with van der Waals surface area (Å²) in [7, 11) is 2.03. The molecule has 1 rings (SSSR count). The molecule has 0 saturated carbocycles. The molecule has 0 fully saturated rings. The van der Waals surface area contributed by atoms with E-state index in [1.54, 1.807) is 0 Å². The Balaban J connectivity index is 2.40. The Morgan fingerprint density at radius 3 is 2.50 bits per heavy atom. The molecule has 1 atom stereocenters. The van der Waals surface area contributed by atoms with E-state index in [9.17, 15) is 0 Å². The van der Waals surface area contributed by atoms with Crippen LogP contribution in [0.25, 0.3) is 0 Å². The molecular formula is C15H28N2S. The van der Waals surface area contributed by atoms with Gasteiger partial charge in [0.05, 0.1) is 0 Å². The predicted octanol–water partition coefficient (Wildman–Crippen LogP) is 3.11. The number of nitrogens with one attached hydrogen (secondary N) is 2. The molecule has 104 valence electrons. The van der Waals surface area contributed by atoms with E-state index in [-0.39, 0.29) is 5.41 Å². The van der Waals surface area contributed by atoms with Crippen LogP contribution in [0.1, 0.15) is 32.6 Å². The molecule has 0 aromatic carbocycles. The highest BCUT2D eigenvalue weighted by Gasteiger charge is 2.22. The number of hydrogen-bond donors (Lipinski definition) is 2. The molecule has 1 unspecified atom stereocenters. The van der Waals surface area contributed by atoms with Crippen molar-refractivity contribution in [2.24, 2.45) is 11.8 Å². The average molecular weight is 268 g/mol. The summed E-state index contributed by atoms with van der Waals surface area (Å²) in [5.41, 5.74) is 0.231. The third-order valence-corrected chi connectivity index (χ3v) is 4.81. The Labute approximate surface area is 116 Å². The first-order valence-corrected chi connectivity index (χ1v) is 7.74. The zero-order valence-corrected chi connectivity index (χ0v) is 13.2. The van der Waals surface area contributed by atoms with Gasteiger partial charge in [-0.25, -0.2) is 0 Å². The summed E-state index contributed by atoms with van der Waals surface area (Å²) in [4.78, 5) is 1.46. The monoisotopic (exact) mass is 268 g/mol. The lowest BCUT2D eigenvalue weighted by Crippen LogP contribution is -2.38. The summed E-state index contributed by atoms with van der Waals surface area (Å²) in [6.45, 7) is 12.4. The van der Waals surface area contributed by atoms with Crippen molar-refractivity contribution in [1.29, 1.82) is 0 Å². The molecule has 0 aliphatic carbocycles. The second-order valence-corrected chi connectivity index (χ2v) is 7.00. The van der Waals surface area contributed by atoms with Gasteiger partial charge < -0.3 is 10.6 Å². The van der Waals surface area contributed by atoms with Gasteiger partial charge in [-0.1, -0.05) is 33.8 Å². The van der Waals surface area contributed by atoms with E-state index < -0.39 is 0 Å². The van der Waals surface area contributed by atoms with Gasteiger partial charge in [-0.15, -0.1) is 11.3 Å². The van der Waals surface area contributed by atoms with Crippen LogP contribution in [0.3, 0.4) is 0 Å². The standard InChI is InChI=1S/C15H28N2S/c1-12(2)13(9-16-5)10-17-11-15(3,4)14-7-6-8-18-14/h6-8,12-13,16-17H,9-11H2,1-5H3. The molecule has 0 amide bonds. The van der Waals surface area contributed by atoms with Crippen LogP contribution in [0.5, 0.6) is 0 Å². The van der Waals surface area contributed by atoms with E-state index in [1.165, 1.54) is 4.88 Å². The second-order valence-electron chi connectivity index (χ2n) is 6.05. The fraction of sp³-hybridized carbons (Fsp3) is 0.733. The van der Waals surface area contributed by atoms with E-state index in [2.05, 4.69) is 55.8 Å². The van der Waals surface area contributed by atoms with Crippen LogP contribution in [-0.4, -0.2) is 26.7 Å². The molecule has 3 heteroatoms. The highest BCUT2D eigenvalue weighted by molar-refractivity contribution is 7.10. The van der Waals surface area contributed by atoms with Crippen LogP contribution in [0.15, 0.2) is 17.5 Å². The fourth-order valence-electron chi connectivity index (χ4n) is 2.13. The van der Waals surface area contributed by atoms with Crippen molar-refractivity contribution in [1.82, 2.24) is 10.6 Å². The molecule has 2 nitrogen and oxygen atoms in total. The van der Waals surface area contributed by atoms with Crippen LogP contribution in [0.4, 0.5) is 0 Å². The Hall–Kier alpha value is -0.380.